The topological polar surface area (TPSA) is 78.9 Å². The number of ether oxygens (including phenoxy) is 1. The van der Waals surface area contributed by atoms with E-state index in [1.807, 2.05) is 0 Å². The number of hydrogen-bond donors (Lipinski definition) is 2. The highest BCUT2D eigenvalue weighted by atomic mass is 19.1. The number of hydrogen-bond acceptors (Lipinski definition) is 3. The molecule has 0 heterocycles. The van der Waals surface area contributed by atoms with E-state index in [1.165, 1.54) is 42.3 Å². The first-order valence-corrected chi connectivity index (χ1v) is 10.7. The summed E-state index contributed by atoms with van der Waals surface area (Å²) in [6.45, 7) is 4.44. The van der Waals surface area contributed by atoms with Crippen LogP contribution in [-0.4, -0.2) is 43.4 Å². The van der Waals surface area contributed by atoms with Crippen molar-refractivity contribution in [2.75, 3.05) is 25.1 Å². The van der Waals surface area contributed by atoms with Crippen LogP contribution in [0.3, 0.4) is 0 Å². The van der Waals surface area contributed by atoms with E-state index in [0.29, 0.717) is 17.7 Å². The Kier molecular flexibility index (Phi) is 9.59. The van der Waals surface area contributed by atoms with Gasteiger partial charge in [0.2, 0.25) is 0 Å². The Balaban J connectivity index is 2.21. The van der Waals surface area contributed by atoms with Crippen LogP contribution < -0.4 is 10.2 Å². The highest BCUT2D eigenvalue weighted by Crippen LogP contribution is 2.28. The molecule has 6 nitrogen and oxygen atoms in total. The number of aliphatic carboxylic acids is 1. The normalized spacial score (nSPS) is 11.8. The van der Waals surface area contributed by atoms with Gasteiger partial charge < -0.3 is 15.2 Å². The second kappa shape index (κ2) is 12.1. The zero-order valence-corrected chi connectivity index (χ0v) is 18.7. The van der Waals surface area contributed by atoms with E-state index in [2.05, 4.69) is 12.2 Å². The van der Waals surface area contributed by atoms with Crippen molar-refractivity contribution in [3.8, 4) is 11.1 Å². The van der Waals surface area contributed by atoms with E-state index in [-0.39, 0.29) is 24.3 Å². The van der Waals surface area contributed by atoms with Gasteiger partial charge in [0.15, 0.2) is 6.10 Å². The van der Waals surface area contributed by atoms with Crippen molar-refractivity contribution < 1.29 is 28.2 Å². The first-order chi connectivity index (χ1) is 15.3. The molecule has 0 saturated heterocycles. The zero-order chi connectivity index (χ0) is 23.7. The molecule has 0 aliphatic carbocycles. The third-order valence-corrected chi connectivity index (χ3v) is 5.10. The fourth-order valence-electron chi connectivity index (χ4n) is 3.26. The smallest absolute Gasteiger partial charge is 0.333 e. The summed E-state index contributed by atoms with van der Waals surface area (Å²) in [6.07, 6.45) is 1.62. The first-order valence-electron chi connectivity index (χ1n) is 10.7. The molecular formula is C24H30F2N2O4. The Morgan fingerprint density at radius 3 is 2.38 bits per heavy atom. The molecule has 2 amide bonds. The Morgan fingerprint density at radius 2 is 1.75 bits per heavy atom. The molecule has 8 heteroatoms. The van der Waals surface area contributed by atoms with Gasteiger partial charge in [0.25, 0.3) is 0 Å². The summed E-state index contributed by atoms with van der Waals surface area (Å²) in [6, 6.07) is 8.18. The van der Waals surface area contributed by atoms with Crippen molar-refractivity contribution in [2.24, 2.45) is 0 Å². The van der Waals surface area contributed by atoms with E-state index < -0.39 is 29.7 Å². The minimum Gasteiger partial charge on any atom is -0.479 e. The predicted octanol–water partition coefficient (Wildman–Crippen LogP) is 5.00. The monoisotopic (exact) mass is 448 g/mol. The number of rotatable bonds is 11. The van der Waals surface area contributed by atoms with Gasteiger partial charge in [-0.25, -0.2) is 18.4 Å². The molecule has 0 spiro atoms. The molecule has 174 valence electrons. The Morgan fingerprint density at radius 1 is 1.06 bits per heavy atom. The van der Waals surface area contributed by atoms with Crippen molar-refractivity contribution in [1.82, 2.24) is 5.32 Å². The number of carboxylic acids is 1. The van der Waals surface area contributed by atoms with Gasteiger partial charge in [-0.05, 0) is 48.2 Å². The van der Waals surface area contributed by atoms with Crippen LogP contribution in [0, 0.1) is 11.6 Å². The van der Waals surface area contributed by atoms with Crippen LogP contribution in [0.15, 0.2) is 36.4 Å². The third kappa shape index (κ3) is 6.75. The molecule has 0 saturated carbocycles. The largest absolute Gasteiger partial charge is 0.479 e. The molecule has 0 aliphatic rings. The predicted molar refractivity (Wildman–Crippen MR) is 120 cm³/mol. The van der Waals surface area contributed by atoms with Crippen molar-refractivity contribution in [3.05, 3.63) is 53.6 Å². The molecule has 1 atom stereocenters. The van der Waals surface area contributed by atoms with Gasteiger partial charge in [-0.15, -0.1) is 0 Å². The summed E-state index contributed by atoms with van der Waals surface area (Å²) in [5, 5.41) is 12.0. The fourth-order valence-corrected chi connectivity index (χ4v) is 3.26. The summed E-state index contributed by atoms with van der Waals surface area (Å²) in [5.74, 6) is -2.31. The zero-order valence-electron chi connectivity index (χ0n) is 18.7. The van der Waals surface area contributed by atoms with Crippen LogP contribution in [-0.2, 0) is 16.0 Å². The average molecular weight is 449 g/mol. The maximum atomic E-state index is 14.7. The van der Waals surface area contributed by atoms with Gasteiger partial charge in [-0.1, -0.05) is 38.0 Å². The summed E-state index contributed by atoms with van der Waals surface area (Å²) < 4.78 is 34.2. The van der Waals surface area contributed by atoms with Crippen LogP contribution in [0.25, 0.3) is 11.1 Å². The minimum atomic E-state index is -1.16. The van der Waals surface area contributed by atoms with Crippen molar-refractivity contribution >= 4 is 17.7 Å². The molecule has 0 fully saturated rings. The maximum absolute atomic E-state index is 14.7. The first kappa shape index (κ1) is 25.3. The SMILES string of the molecule is CCCCCNC(=O)N(C)c1cc(-c2ccc(C[C@H](OCC)C(=O)O)c(F)c2)ccc1F. The molecule has 2 rings (SSSR count). The van der Waals surface area contributed by atoms with Gasteiger partial charge >= 0.3 is 12.0 Å². The summed E-state index contributed by atoms with van der Waals surface area (Å²) in [4.78, 5) is 24.8. The number of nitrogens with zero attached hydrogens (tertiary/aromatic N) is 1. The van der Waals surface area contributed by atoms with Crippen molar-refractivity contribution in [3.63, 3.8) is 0 Å². The van der Waals surface area contributed by atoms with E-state index in [4.69, 9.17) is 4.74 Å². The number of anilines is 1. The number of urea groups is 1. The van der Waals surface area contributed by atoms with E-state index >= 15 is 0 Å². The summed E-state index contributed by atoms with van der Waals surface area (Å²) >= 11 is 0. The number of carbonyl (C=O) groups excluding carboxylic acids is 1. The highest BCUT2D eigenvalue weighted by molar-refractivity contribution is 5.92. The Bertz CT molecular complexity index is 936. The quantitative estimate of drug-likeness (QED) is 0.474. The van der Waals surface area contributed by atoms with E-state index in [9.17, 15) is 23.5 Å². The highest BCUT2D eigenvalue weighted by Gasteiger charge is 2.21. The minimum absolute atomic E-state index is 0.0715. The molecule has 2 aromatic rings. The number of unbranched alkanes of at least 4 members (excludes halogenated alkanes) is 2. The molecule has 0 bridgehead atoms. The number of amides is 2. The number of halogens is 2. The Hall–Kier alpha value is -3.00. The van der Waals surface area contributed by atoms with E-state index in [0.717, 1.165) is 19.3 Å². The Labute approximate surface area is 187 Å². The van der Waals surface area contributed by atoms with Crippen LogP contribution in [0.2, 0.25) is 0 Å². The second-order valence-corrected chi connectivity index (χ2v) is 7.46. The van der Waals surface area contributed by atoms with Gasteiger partial charge in [0, 0.05) is 26.6 Å². The number of carboxylic acid groups (broad SMARTS) is 1. The van der Waals surface area contributed by atoms with Crippen LogP contribution in [0.1, 0.15) is 38.7 Å². The molecular weight excluding hydrogens is 418 g/mol. The standard InChI is InChI=1S/C24H30F2N2O4/c1-4-6-7-12-27-24(31)28(3)21-14-17(10-11-19(21)25)16-8-9-18(20(26)13-16)15-22(23(29)30)32-5-2/h8-11,13-14,22H,4-7,12,15H2,1-3H3,(H,27,31)(H,29,30)/t22-/m0/s1. The lowest BCUT2D eigenvalue weighted by Crippen LogP contribution is -2.38. The lowest BCUT2D eigenvalue weighted by atomic mass is 10.00. The average Bonchev–Trinajstić information content (AvgIpc) is 2.77. The van der Waals surface area contributed by atoms with Gasteiger partial charge in [-0.3, -0.25) is 4.90 Å². The van der Waals surface area contributed by atoms with Gasteiger partial charge in [0.05, 0.1) is 5.69 Å². The number of nitrogens with one attached hydrogen (secondary N) is 1. The molecule has 0 radical (unpaired) electrons. The van der Waals surface area contributed by atoms with Gasteiger partial charge in [0.1, 0.15) is 11.6 Å². The molecule has 2 N–H and O–H groups in total. The second-order valence-electron chi connectivity index (χ2n) is 7.46. The lowest BCUT2D eigenvalue weighted by molar-refractivity contribution is -0.150. The number of carbonyl (C=O) groups is 2. The van der Waals surface area contributed by atoms with E-state index in [1.54, 1.807) is 13.0 Å². The third-order valence-electron chi connectivity index (χ3n) is 5.10. The lowest BCUT2D eigenvalue weighted by Gasteiger charge is -2.20. The summed E-state index contributed by atoms with van der Waals surface area (Å²) in [5.41, 5.74) is 1.28. The van der Waals surface area contributed by atoms with Gasteiger partial charge in [-0.2, -0.15) is 0 Å². The molecule has 0 aliphatic heterocycles. The maximum Gasteiger partial charge on any atom is 0.333 e. The van der Waals surface area contributed by atoms with Crippen LogP contribution in [0.5, 0.6) is 0 Å². The fraction of sp³-hybridized carbons (Fsp3) is 0.417. The van der Waals surface area contributed by atoms with Crippen molar-refractivity contribution in [1.29, 1.82) is 0 Å². The van der Waals surface area contributed by atoms with Crippen LogP contribution >= 0.6 is 0 Å². The summed E-state index contributed by atoms with van der Waals surface area (Å²) in [7, 11) is 1.47. The molecule has 0 aromatic heterocycles. The molecule has 32 heavy (non-hydrogen) atoms. The molecule has 2 aromatic carbocycles. The number of benzene rings is 2. The van der Waals surface area contributed by atoms with Crippen LogP contribution in [0.4, 0.5) is 19.3 Å². The molecule has 0 unspecified atom stereocenters. The van der Waals surface area contributed by atoms with Crippen molar-refractivity contribution in [2.45, 2.75) is 45.6 Å².